The normalized spacial score (nSPS) is 23.1. The molecule has 0 aliphatic carbocycles. The van der Waals surface area contributed by atoms with E-state index in [1.54, 1.807) is 0 Å². The molecule has 6 heteroatoms. The fourth-order valence-corrected chi connectivity index (χ4v) is 2.51. The van der Waals surface area contributed by atoms with Crippen LogP contribution in [0, 0.1) is 0 Å². The number of hydrogen-bond donors (Lipinski definition) is 3. The number of likely N-dealkylation sites (N-methyl/N-ethyl adjacent to an activating group) is 1. The van der Waals surface area contributed by atoms with Gasteiger partial charge in [-0.1, -0.05) is 6.92 Å². The molecule has 2 aromatic heterocycles. The smallest absolute Gasteiger partial charge is 0.179 e. The number of hydrogen-bond acceptors (Lipinski definition) is 5. The zero-order chi connectivity index (χ0) is 13.2. The lowest BCUT2D eigenvalue weighted by molar-refractivity contribution is 0.187. The van der Waals surface area contributed by atoms with Gasteiger partial charge in [-0.05, 0) is 18.7 Å². The van der Waals surface area contributed by atoms with Crippen LogP contribution in [0.15, 0.2) is 12.1 Å². The molecular weight excluding hydrogens is 242 g/mol. The van der Waals surface area contributed by atoms with Gasteiger partial charge < -0.3 is 20.4 Å². The summed E-state index contributed by atoms with van der Waals surface area (Å²) in [5.41, 5.74) is 1.72. The van der Waals surface area contributed by atoms with E-state index in [0.717, 1.165) is 36.0 Å². The van der Waals surface area contributed by atoms with Crippen LogP contribution in [0.25, 0.3) is 11.2 Å². The Hall–Kier alpha value is -1.66. The second-order valence-corrected chi connectivity index (χ2v) is 4.75. The van der Waals surface area contributed by atoms with Crippen molar-refractivity contribution in [3.63, 3.8) is 0 Å². The van der Waals surface area contributed by atoms with Gasteiger partial charge in [0.15, 0.2) is 5.65 Å². The van der Waals surface area contributed by atoms with Gasteiger partial charge in [-0.2, -0.15) is 0 Å². The van der Waals surface area contributed by atoms with Gasteiger partial charge in [0, 0.05) is 13.1 Å². The molecular formula is C13H19N5O. The van der Waals surface area contributed by atoms with E-state index >= 15 is 0 Å². The molecule has 102 valence electrons. The molecule has 2 atom stereocenters. The van der Waals surface area contributed by atoms with Crippen molar-refractivity contribution in [2.75, 3.05) is 32.1 Å². The van der Waals surface area contributed by atoms with Crippen LogP contribution in [0.4, 0.5) is 5.82 Å². The zero-order valence-corrected chi connectivity index (χ0v) is 11.2. The molecule has 2 unspecified atom stereocenters. The summed E-state index contributed by atoms with van der Waals surface area (Å²) >= 11 is 0. The van der Waals surface area contributed by atoms with Crippen LogP contribution in [-0.2, 0) is 4.74 Å². The van der Waals surface area contributed by atoms with Crippen molar-refractivity contribution < 1.29 is 4.74 Å². The van der Waals surface area contributed by atoms with E-state index < -0.39 is 0 Å². The Bertz CT molecular complexity index is 567. The largest absolute Gasteiger partial charge is 0.379 e. The number of imidazole rings is 1. The summed E-state index contributed by atoms with van der Waals surface area (Å²) < 4.78 is 5.56. The summed E-state index contributed by atoms with van der Waals surface area (Å²) in [6, 6.07) is 4.27. The highest BCUT2D eigenvalue weighted by molar-refractivity contribution is 5.73. The lowest BCUT2D eigenvalue weighted by Crippen LogP contribution is -2.34. The first-order valence-corrected chi connectivity index (χ1v) is 6.67. The molecule has 0 bridgehead atoms. The maximum atomic E-state index is 5.56. The monoisotopic (exact) mass is 261 g/mol. The van der Waals surface area contributed by atoms with Crippen LogP contribution in [0.1, 0.15) is 18.7 Å². The minimum atomic E-state index is 0.271. The zero-order valence-electron chi connectivity index (χ0n) is 11.2. The number of nitrogens with one attached hydrogen (secondary N) is 3. The van der Waals surface area contributed by atoms with Gasteiger partial charge in [-0.25, -0.2) is 9.97 Å². The van der Waals surface area contributed by atoms with Crippen LogP contribution < -0.4 is 10.6 Å². The first-order valence-electron chi connectivity index (χ1n) is 6.67. The van der Waals surface area contributed by atoms with Gasteiger partial charge in [-0.15, -0.1) is 0 Å². The van der Waals surface area contributed by atoms with Crippen LogP contribution in [0.2, 0.25) is 0 Å². The summed E-state index contributed by atoms with van der Waals surface area (Å²) in [6.45, 7) is 4.49. The molecule has 6 nitrogen and oxygen atoms in total. The molecule has 0 radical (unpaired) electrons. The van der Waals surface area contributed by atoms with Crippen LogP contribution in [0.3, 0.4) is 0 Å². The van der Waals surface area contributed by atoms with Crippen molar-refractivity contribution in [2.45, 2.75) is 18.9 Å². The SMILES string of the molecule is CCNC1COCC1c1nc2nc(NC)ccc2[nH]1. The average Bonchev–Trinajstić information content (AvgIpc) is 3.03. The third-order valence-electron chi connectivity index (χ3n) is 3.52. The molecule has 0 aromatic carbocycles. The van der Waals surface area contributed by atoms with E-state index in [1.165, 1.54) is 0 Å². The Morgan fingerprint density at radius 3 is 3.05 bits per heavy atom. The van der Waals surface area contributed by atoms with Gasteiger partial charge in [0.2, 0.25) is 0 Å². The number of aromatic amines is 1. The highest BCUT2D eigenvalue weighted by atomic mass is 16.5. The van der Waals surface area contributed by atoms with E-state index in [1.807, 2.05) is 19.2 Å². The lowest BCUT2D eigenvalue weighted by atomic mass is 10.0. The van der Waals surface area contributed by atoms with E-state index in [0.29, 0.717) is 12.6 Å². The number of ether oxygens (including phenoxy) is 1. The van der Waals surface area contributed by atoms with Crippen molar-refractivity contribution in [1.82, 2.24) is 20.3 Å². The first-order chi connectivity index (χ1) is 9.31. The summed E-state index contributed by atoms with van der Waals surface area (Å²) in [5, 5.41) is 6.47. The summed E-state index contributed by atoms with van der Waals surface area (Å²) in [6.07, 6.45) is 0. The van der Waals surface area contributed by atoms with Gasteiger partial charge in [0.05, 0.1) is 24.6 Å². The molecule has 1 aliphatic rings. The fourth-order valence-electron chi connectivity index (χ4n) is 2.51. The maximum Gasteiger partial charge on any atom is 0.179 e. The number of anilines is 1. The van der Waals surface area contributed by atoms with Crippen molar-refractivity contribution >= 4 is 17.0 Å². The number of nitrogens with zero attached hydrogens (tertiary/aromatic N) is 2. The summed E-state index contributed by atoms with van der Waals surface area (Å²) in [4.78, 5) is 12.4. The maximum absolute atomic E-state index is 5.56. The number of rotatable bonds is 4. The van der Waals surface area contributed by atoms with Crippen LogP contribution in [-0.4, -0.2) is 47.8 Å². The van der Waals surface area contributed by atoms with Crippen LogP contribution in [0.5, 0.6) is 0 Å². The third kappa shape index (κ3) is 2.29. The molecule has 3 N–H and O–H groups in total. The first kappa shape index (κ1) is 12.4. The van der Waals surface area contributed by atoms with E-state index in [-0.39, 0.29) is 5.92 Å². The third-order valence-corrected chi connectivity index (χ3v) is 3.52. The molecule has 1 saturated heterocycles. The standard InChI is InChI=1S/C13H19N5O/c1-3-15-10-7-19-6-8(10)12-16-9-4-5-11(14-2)17-13(9)18-12/h4-5,8,10,15H,3,6-7H2,1-2H3,(H2,14,16,17,18). The molecule has 0 spiro atoms. The Kier molecular flexibility index (Phi) is 3.35. The van der Waals surface area contributed by atoms with Crippen molar-refractivity contribution in [1.29, 1.82) is 0 Å². The molecule has 1 fully saturated rings. The van der Waals surface area contributed by atoms with Gasteiger partial charge in [0.25, 0.3) is 0 Å². The van der Waals surface area contributed by atoms with Gasteiger partial charge >= 0.3 is 0 Å². The molecule has 19 heavy (non-hydrogen) atoms. The lowest BCUT2D eigenvalue weighted by Gasteiger charge is -2.15. The van der Waals surface area contributed by atoms with Gasteiger partial charge in [0.1, 0.15) is 11.6 Å². The average molecular weight is 261 g/mol. The fraction of sp³-hybridized carbons (Fsp3) is 0.538. The van der Waals surface area contributed by atoms with Crippen molar-refractivity contribution in [3.8, 4) is 0 Å². The molecule has 3 heterocycles. The van der Waals surface area contributed by atoms with Crippen molar-refractivity contribution in [3.05, 3.63) is 18.0 Å². The quantitative estimate of drug-likeness (QED) is 0.768. The molecule has 3 rings (SSSR count). The Labute approximate surface area is 112 Å². The summed E-state index contributed by atoms with van der Waals surface area (Å²) in [5.74, 6) is 2.06. The van der Waals surface area contributed by atoms with E-state index in [4.69, 9.17) is 4.74 Å². The number of aromatic nitrogens is 3. The molecule has 0 saturated carbocycles. The van der Waals surface area contributed by atoms with Crippen LogP contribution >= 0.6 is 0 Å². The highest BCUT2D eigenvalue weighted by Crippen LogP contribution is 2.25. The second kappa shape index (κ2) is 5.14. The highest BCUT2D eigenvalue weighted by Gasteiger charge is 2.31. The summed E-state index contributed by atoms with van der Waals surface area (Å²) in [7, 11) is 1.85. The molecule has 2 aromatic rings. The minimum Gasteiger partial charge on any atom is -0.379 e. The second-order valence-electron chi connectivity index (χ2n) is 4.75. The van der Waals surface area contributed by atoms with E-state index in [2.05, 4.69) is 32.5 Å². The number of fused-ring (bicyclic) bond motifs is 1. The number of pyridine rings is 1. The molecule has 0 amide bonds. The van der Waals surface area contributed by atoms with Crippen molar-refractivity contribution in [2.24, 2.45) is 0 Å². The Balaban J connectivity index is 1.92. The predicted octanol–water partition coefficient (Wildman–Crippen LogP) is 1.09. The topological polar surface area (TPSA) is 74.9 Å². The predicted molar refractivity (Wildman–Crippen MR) is 74.5 cm³/mol. The molecule has 1 aliphatic heterocycles. The minimum absolute atomic E-state index is 0.271. The number of H-pyrrole nitrogens is 1. The Morgan fingerprint density at radius 2 is 2.26 bits per heavy atom. The Morgan fingerprint density at radius 1 is 1.37 bits per heavy atom. The van der Waals surface area contributed by atoms with Gasteiger partial charge in [-0.3, -0.25) is 0 Å². The van der Waals surface area contributed by atoms with E-state index in [9.17, 15) is 0 Å².